The summed E-state index contributed by atoms with van der Waals surface area (Å²) in [4.78, 5) is 9.40. The summed E-state index contributed by atoms with van der Waals surface area (Å²) in [5, 5.41) is 17.8. The average molecular weight is 247 g/mol. The summed E-state index contributed by atoms with van der Waals surface area (Å²) in [6.45, 7) is 1.28. The maximum atomic E-state index is 12.5. The van der Waals surface area contributed by atoms with Gasteiger partial charge in [-0.1, -0.05) is 0 Å². The number of nitrogens with one attached hydrogen (secondary N) is 1. The van der Waals surface area contributed by atoms with Crippen LogP contribution in [0.25, 0.3) is 0 Å². The highest BCUT2D eigenvalue weighted by atomic mass is 19.4. The predicted octanol–water partition coefficient (Wildman–Crippen LogP) is 2.58. The number of hydrogen-bond acceptors (Lipinski definition) is 4. The molecule has 0 saturated carbocycles. The molecule has 0 aliphatic rings. The van der Waals surface area contributed by atoms with Crippen LogP contribution in [0.15, 0.2) is 12.1 Å². The van der Waals surface area contributed by atoms with Gasteiger partial charge in [-0.15, -0.1) is 0 Å². The summed E-state index contributed by atoms with van der Waals surface area (Å²) in [5.41, 5.74) is 2.28. The molecule has 0 radical (unpaired) electrons. The third kappa shape index (κ3) is 2.52. The number of nitro groups is 1. The topological polar surface area (TPSA) is 93.0 Å². The van der Waals surface area contributed by atoms with Crippen LogP contribution in [0.1, 0.15) is 18.1 Å². The fraction of sp³-hybridized carbons (Fsp3) is 0.222. The number of halogens is 3. The van der Waals surface area contributed by atoms with Gasteiger partial charge in [-0.2, -0.15) is 13.2 Å². The van der Waals surface area contributed by atoms with Crippen LogP contribution >= 0.6 is 0 Å². The first-order valence-corrected chi connectivity index (χ1v) is 4.35. The maximum absolute atomic E-state index is 12.5. The Kier molecular flexibility index (Phi) is 3.08. The molecule has 1 aromatic carbocycles. The quantitative estimate of drug-likeness (QED) is 0.364. The van der Waals surface area contributed by atoms with Crippen molar-refractivity contribution in [2.45, 2.75) is 13.1 Å². The van der Waals surface area contributed by atoms with E-state index in [4.69, 9.17) is 11.1 Å². The van der Waals surface area contributed by atoms with Crippen molar-refractivity contribution in [3.05, 3.63) is 33.4 Å². The number of nitrogens with zero attached hydrogens (tertiary/aromatic N) is 1. The van der Waals surface area contributed by atoms with Crippen molar-refractivity contribution in [2.75, 3.05) is 5.73 Å². The van der Waals surface area contributed by atoms with E-state index in [1.165, 1.54) is 6.92 Å². The summed E-state index contributed by atoms with van der Waals surface area (Å²) in [6.07, 6.45) is -4.86. The van der Waals surface area contributed by atoms with E-state index in [1.54, 1.807) is 0 Å². The number of alkyl halides is 3. The zero-order chi connectivity index (χ0) is 13.4. The molecule has 0 unspecified atom stereocenters. The molecule has 0 heterocycles. The minimum Gasteiger partial charge on any atom is -0.398 e. The van der Waals surface area contributed by atoms with Gasteiger partial charge in [0, 0.05) is 23.0 Å². The summed E-state index contributed by atoms with van der Waals surface area (Å²) in [6, 6.07) is 1.14. The van der Waals surface area contributed by atoms with Crippen LogP contribution in [0.3, 0.4) is 0 Å². The van der Waals surface area contributed by atoms with E-state index >= 15 is 0 Å². The van der Waals surface area contributed by atoms with Crippen molar-refractivity contribution in [1.82, 2.24) is 0 Å². The van der Waals surface area contributed by atoms with Crippen molar-refractivity contribution in [2.24, 2.45) is 0 Å². The Labute approximate surface area is 93.7 Å². The standard InChI is InChI=1S/C9H8F3N3O2/c1-4(13)5-2-8(15(16)17)6(3-7(5)14)9(10,11)12/h2-3,13H,14H2,1H3. The second-order valence-electron chi connectivity index (χ2n) is 3.34. The lowest BCUT2D eigenvalue weighted by Gasteiger charge is -2.11. The molecule has 0 atom stereocenters. The Bertz CT molecular complexity index is 497. The molecule has 0 fully saturated rings. The van der Waals surface area contributed by atoms with Gasteiger partial charge in [0.2, 0.25) is 0 Å². The number of nitro benzene ring substituents is 1. The lowest BCUT2D eigenvalue weighted by molar-refractivity contribution is -0.388. The van der Waals surface area contributed by atoms with Crippen LogP contribution in [0.4, 0.5) is 24.5 Å². The maximum Gasteiger partial charge on any atom is 0.423 e. The summed E-state index contributed by atoms with van der Waals surface area (Å²) < 4.78 is 37.5. The normalized spacial score (nSPS) is 11.3. The van der Waals surface area contributed by atoms with Crippen molar-refractivity contribution in [1.29, 1.82) is 5.41 Å². The number of nitrogens with two attached hydrogens (primary N) is 1. The Hall–Kier alpha value is -2.12. The highest BCUT2D eigenvalue weighted by Gasteiger charge is 2.39. The number of benzene rings is 1. The molecule has 8 heteroatoms. The summed E-state index contributed by atoms with van der Waals surface area (Å²) in [7, 11) is 0. The fourth-order valence-corrected chi connectivity index (χ4v) is 1.31. The molecule has 5 nitrogen and oxygen atoms in total. The minimum atomic E-state index is -4.86. The smallest absolute Gasteiger partial charge is 0.398 e. The van der Waals surface area contributed by atoms with Gasteiger partial charge in [0.25, 0.3) is 5.69 Å². The van der Waals surface area contributed by atoms with Gasteiger partial charge in [-0.05, 0) is 13.0 Å². The Morgan fingerprint density at radius 3 is 2.35 bits per heavy atom. The largest absolute Gasteiger partial charge is 0.423 e. The van der Waals surface area contributed by atoms with Crippen molar-refractivity contribution in [3.63, 3.8) is 0 Å². The number of hydrogen-bond donors (Lipinski definition) is 2. The minimum absolute atomic E-state index is 0.0790. The highest BCUT2D eigenvalue weighted by Crippen LogP contribution is 2.38. The van der Waals surface area contributed by atoms with E-state index in [0.29, 0.717) is 12.1 Å². The van der Waals surface area contributed by atoms with Crippen LogP contribution < -0.4 is 5.73 Å². The van der Waals surface area contributed by atoms with E-state index in [0.717, 1.165) is 0 Å². The Morgan fingerprint density at radius 1 is 1.47 bits per heavy atom. The van der Waals surface area contributed by atoms with Gasteiger partial charge in [0.15, 0.2) is 0 Å². The molecule has 0 amide bonds. The molecule has 17 heavy (non-hydrogen) atoms. The first-order chi connectivity index (χ1) is 7.64. The molecule has 0 saturated heterocycles. The molecule has 0 bridgehead atoms. The van der Waals surface area contributed by atoms with E-state index in [-0.39, 0.29) is 17.0 Å². The van der Waals surface area contributed by atoms with Gasteiger partial charge in [-0.25, -0.2) is 0 Å². The summed E-state index contributed by atoms with van der Waals surface area (Å²) in [5.74, 6) is 0. The SMILES string of the molecule is CC(=N)c1cc([N+](=O)[O-])c(C(F)(F)F)cc1N. The Balaban J connectivity index is 3.58. The van der Waals surface area contributed by atoms with Gasteiger partial charge >= 0.3 is 6.18 Å². The predicted molar refractivity (Wildman–Crippen MR) is 55.0 cm³/mol. The second-order valence-corrected chi connectivity index (χ2v) is 3.34. The fourth-order valence-electron chi connectivity index (χ4n) is 1.31. The van der Waals surface area contributed by atoms with E-state index in [2.05, 4.69) is 0 Å². The van der Waals surface area contributed by atoms with Crippen LogP contribution in [-0.2, 0) is 6.18 Å². The van der Waals surface area contributed by atoms with Crippen molar-refractivity contribution in [3.8, 4) is 0 Å². The molecule has 1 aromatic rings. The average Bonchev–Trinajstić information content (AvgIpc) is 2.14. The van der Waals surface area contributed by atoms with Crippen molar-refractivity contribution >= 4 is 17.1 Å². The third-order valence-electron chi connectivity index (χ3n) is 2.07. The van der Waals surface area contributed by atoms with Gasteiger partial charge in [0.05, 0.1) is 4.92 Å². The molecule has 1 rings (SSSR count). The van der Waals surface area contributed by atoms with Crippen LogP contribution in [0.2, 0.25) is 0 Å². The third-order valence-corrected chi connectivity index (χ3v) is 2.07. The van der Waals surface area contributed by atoms with Crippen molar-refractivity contribution < 1.29 is 18.1 Å². The molecular weight excluding hydrogens is 239 g/mol. The summed E-state index contributed by atoms with van der Waals surface area (Å²) >= 11 is 0. The van der Waals surface area contributed by atoms with E-state index in [9.17, 15) is 23.3 Å². The molecule has 0 aliphatic heterocycles. The lowest BCUT2D eigenvalue weighted by atomic mass is 10.0. The number of rotatable bonds is 2. The molecule has 0 aliphatic carbocycles. The number of nitrogen functional groups attached to an aromatic ring is 1. The first-order valence-electron chi connectivity index (χ1n) is 4.35. The zero-order valence-corrected chi connectivity index (χ0v) is 8.63. The molecule has 92 valence electrons. The Morgan fingerprint density at radius 2 is 2.00 bits per heavy atom. The van der Waals surface area contributed by atoms with Crippen LogP contribution in [0, 0.1) is 15.5 Å². The van der Waals surface area contributed by atoms with Crippen LogP contribution in [-0.4, -0.2) is 10.6 Å². The molecule has 3 N–H and O–H groups in total. The monoisotopic (exact) mass is 247 g/mol. The molecule has 0 aromatic heterocycles. The number of anilines is 1. The zero-order valence-electron chi connectivity index (χ0n) is 8.63. The van der Waals surface area contributed by atoms with E-state index in [1.807, 2.05) is 0 Å². The van der Waals surface area contributed by atoms with Gasteiger partial charge in [-0.3, -0.25) is 10.1 Å². The van der Waals surface area contributed by atoms with Crippen LogP contribution in [0.5, 0.6) is 0 Å². The first kappa shape index (κ1) is 12.9. The lowest BCUT2D eigenvalue weighted by Crippen LogP contribution is -2.12. The molecule has 0 spiro atoms. The molecular formula is C9H8F3N3O2. The van der Waals surface area contributed by atoms with E-state index < -0.39 is 22.4 Å². The highest BCUT2D eigenvalue weighted by molar-refractivity contribution is 6.01. The van der Waals surface area contributed by atoms with Gasteiger partial charge in [0.1, 0.15) is 5.56 Å². The van der Waals surface area contributed by atoms with Gasteiger partial charge < -0.3 is 11.1 Å². The second kappa shape index (κ2) is 4.04.